The van der Waals surface area contributed by atoms with Gasteiger partial charge in [-0.1, -0.05) is 18.8 Å². The molecule has 0 aliphatic carbocycles. The molecule has 1 aromatic rings. The normalized spacial score (nSPS) is 12.6. The van der Waals surface area contributed by atoms with Crippen LogP contribution in [0.15, 0.2) is 11.4 Å². The zero-order valence-electron chi connectivity index (χ0n) is 13.0. The first-order valence-electron chi connectivity index (χ1n) is 7.12. The van der Waals surface area contributed by atoms with Crippen LogP contribution in [-0.2, 0) is 6.54 Å². The predicted octanol–water partition coefficient (Wildman–Crippen LogP) is 2.25. The van der Waals surface area contributed by atoms with Crippen molar-refractivity contribution in [3.05, 3.63) is 21.9 Å². The molecule has 1 heterocycles. The number of hydrogen-bond donors (Lipinski definition) is 1. The third-order valence-electron chi connectivity index (χ3n) is 3.14. The van der Waals surface area contributed by atoms with E-state index in [1.54, 1.807) is 11.3 Å². The van der Waals surface area contributed by atoms with Crippen molar-refractivity contribution in [3.63, 3.8) is 0 Å². The van der Waals surface area contributed by atoms with Gasteiger partial charge in [0.05, 0.1) is 6.61 Å². The lowest BCUT2D eigenvalue weighted by molar-refractivity contribution is 0.175. The van der Waals surface area contributed by atoms with E-state index in [0.29, 0.717) is 12.5 Å². The van der Waals surface area contributed by atoms with E-state index >= 15 is 0 Å². The molecule has 0 radical (unpaired) electrons. The Morgan fingerprint density at radius 2 is 2.15 bits per heavy atom. The molecule has 1 aromatic heterocycles. The summed E-state index contributed by atoms with van der Waals surface area (Å²) in [5.74, 6) is 6.06. The van der Waals surface area contributed by atoms with Gasteiger partial charge in [0.1, 0.15) is 0 Å². The summed E-state index contributed by atoms with van der Waals surface area (Å²) < 4.78 is 0. The lowest BCUT2D eigenvalue weighted by atomic mass is 10.2. The van der Waals surface area contributed by atoms with Crippen molar-refractivity contribution in [1.29, 1.82) is 0 Å². The molecular formula is C16H26N2OS. The summed E-state index contributed by atoms with van der Waals surface area (Å²) in [6.45, 7) is 7.73. The molecule has 0 fully saturated rings. The first-order chi connectivity index (χ1) is 9.56. The molecule has 0 amide bonds. The van der Waals surface area contributed by atoms with Gasteiger partial charge >= 0.3 is 0 Å². The van der Waals surface area contributed by atoms with Crippen LogP contribution in [0.5, 0.6) is 0 Å². The van der Waals surface area contributed by atoms with Gasteiger partial charge in [0.2, 0.25) is 0 Å². The molecule has 0 aliphatic heterocycles. The maximum absolute atomic E-state index is 8.72. The van der Waals surface area contributed by atoms with Gasteiger partial charge in [-0.05, 0) is 33.6 Å². The van der Waals surface area contributed by atoms with Crippen LogP contribution in [0, 0.1) is 11.8 Å². The Morgan fingerprint density at radius 3 is 2.75 bits per heavy atom. The zero-order valence-corrected chi connectivity index (χ0v) is 13.8. The maximum atomic E-state index is 8.72. The number of likely N-dealkylation sites (N-methyl/N-ethyl adjacent to an activating group) is 2. The molecule has 3 nitrogen and oxygen atoms in total. The minimum atomic E-state index is 0.135. The van der Waals surface area contributed by atoms with Crippen LogP contribution < -0.4 is 0 Å². The van der Waals surface area contributed by atoms with Crippen LogP contribution >= 0.6 is 11.3 Å². The molecule has 112 valence electrons. The summed E-state index contributed by atoms with van der Waals surface area (Å²) in [5.41, 5.74) is 1.06. The third kappa shape index (κ3) is 6.06. The highest BCUT2D eigenvalue weighted by Crippen LogP contribution is 2.17. The maximum Gasteiger partial charge on any atom is 0.0540 e. The minimum Gasteiger partial charge on any atom is -0.395 e. The number of hydrogen-bond acceptors (Lipinski definition) is 4. The molecule has 4 heteroatoms. The van der Waals surface area contributed by atoms with E-state index in [-0.39, 0.29) is 6.61 Å². The van der Waals surface area contributed by atoms with Crippen molar-refractivity contribution in [2.24, 2.45) is 0 Å². The average Bonchev–Trinajstić information content (AvgIpc) is 2.83. The average molecular weight is 294 g/mol. The fourth-order valence-electron chi connectivity index (χ4n) is 2.17. The predicted molar refractivity (Wildman–Crippen MR) is 87.0 cm³/mol. The highest BCUT2D eigenvalue weighted by atomic mass is 32.1. The van der Waals surface area contributed by atoms with E-state index in [0.717, 1.165) is 25.2 Å². The third-order valence-corrected chi connectivity index (χ3v) is 4.06. The lowest BCUT2D eigenvalue weighted by Crippen LogP contribution is -2.39. The van der Waals surface area contributed by atoms with E-state index in [4.69, 9.17) is 5.11 Å². The molecule has 1 rings (SSSR count). The fraction of sp³-hybridized carbons (Fsp3) is 0.625. The molecule has 0 saturated heterocycles. The van der Waals surface area contributed by atoms with Gasteiger partial charge in [-0.3, -0.25) is 4.90 Å². The fourth-order valence-corrected chi connectivity index (χ4v) is 3.01. The van der Waals surface area contributed by atoms with Crippen LogP contribution in [0.3, 0.4) is 0 Å². The summed E-state index contributed by atoms with van der Waals surface area (Å²) in [7, 11) is 4.23. The quantitative estimate of drug-likeness (QED) is 0.782. The summed E-state index contributed by atoms with van der Waals surface area (Å²) in [4.78, 5) is 6.07. The van der Waals surface area contributed by atoms with Crippen molar-refractivity contribution in [1.82, 2.24) is 9.80 Å². The molecule has 20 heavy (non-hydrogen) atoms. The van der Waals surface area contributed by atoms with Crippen molar-refractivity contribution in [2.45, 2.75) is 32.9 Å². The molecule has 0 spiro atoms. The molecule has 0 bridgehead atoms. The number of thiophene rings is 1. The van der Waals surface area contributed by atoms with Crippen LogP contribution in [0.1, 0.15) is 30.7 Å². The number of rotatable bonds is 7. The highest BCUT2D eigenvalue weighted by molar-refractivity contribution is 7.10. The number of nitrogens with zero attached hydrogens (tertiary/aromatic N) is 2. The Kier molecular flexibility index (Phi) is 7.86. The van der Waals surface area contributed by atoms with Gasteiger partial charge in [0.15, 0.2) is 0 Å². The van der Waals surface area contributed by atoms with Crippen LogP contribution in [-0.4, -0.2) is 54.7 Å². The van der Waals surface area contributed by atoms with E-state index < -0.39 is 0 Å². The second-order valence-corrected chi connectivity index (χ2v) is 6.25. The summed E-state index contributed by atoms with van der Waals surface area (Å²) in [6.07, 6.45) is 0.548. The summed E-state index contributed by atoms with van der Waals surface area (Å²) in [6, 6.07) is 2.71. The Hall–Kier alpha value is -0.860. The van der Waals surface area contributed by atoms with Gasteiger partial charge in [-0.2, -0.15) is 0 Å². The molecule has 1 atom stereocenters. The van der Waals surface area contributed by atoms with E-state index in [9.17, 15) is 0 Å². The number of aliphatic hydroxyl groups is 1. The van der Waals surface area contributed by atoms with Gasteiger partial charge in [0, 0.05) is 41.4 Å². The first kappa shape index (κ1) is 17.2. The molecule has 0 aromatic carbocycles. The molecular weight excluding hydrogens is 268 g/mol. The molecule has 1 unspecified atom stereocenters. The van der Waals surface area contributed by atoms with Crippen LogP contribution in [0.2, 0.25) is 0 Å². The van der Waals surface area contributed by atoms with E-state index in [1.165, 1.54) is 4.88 Å². The zero-order chi connectivity index (χ0) is 15.0. The smallest absolute Gasteiger partial charge is 0.0540 e. The standard InChI is InChI=1S/C16H26N2OS/c1-5-18(14(2)11-17(3)4)12-16-10-15(13-20-16)8-6-7-9-19/h10,13-14,19H,5,7,9,11-12H2,1-4H3. The van der Waals surface area contributed by atoms with Crippen LogP contribution in [0.25, 0.3) is 0 Å². The Bertz CT molecular complexity index is 445. The lowest BCUT2D eigenvalue weighted by Gasteiger charge is -2.29. The second-order valence-electron chi connectivity index (χ2n) is 5.25. The summed E-state index contributed by atoms with van der Waals surface area (Å²) >= 11 is 1.77. The topological polar surface area (TPSA) is 26.7 Å². The SMILES string of the molecule is CCN(Cc1cc(C#CCCO)cs1)C(C)CN(C)C. The molecule has 0 saturated carbocycles. The largest absolute Gasteiger partial charge is 0.395 e. The number of aliphatic hydroxyl groups excluding tert-OH is 1. The monoisotopic (exact) mass is 294 g/mol. The minimum absolute atomic E-state index is 0.135. The van der Waals surface area contributed by atoms with Gasteiger partial charge in [-0.15, -0.1) is 11.3 Å². The van der Waals surface area contributed by atoms with Crippen molar-refractivity contribution < 1.29 is 5.11 Å². The van der Waals surface area contributed by atoms with Crippen molar-refractivity contribution >= 4 is 11.3 Å². The van der Waals surface area contributed by atoms with Crippen molar-refractivity contribution in [2.75, 3.05) is 33.8 Å². The van der Waals surface area contributed by atoms with E-state index in [2.05, 4.69) is 61.0 Å². The van der Waals surface area contributed by atoms with Gasteiger partial charge < -0.3 is 10.0 Å². The molecule has 1 N–H and O–H groups in total. The molecule has 0 aliphatic rings. The summed E-state index contributed by atoms with van der Waals surface area (Å²) in [5, 5.41) is 10.8. The second kappa shape index (κ2) is 9.15. The van der Waals surface area contributed by atoms with Gasteiger partial charge in [0.25, 0.3) is 0 Å². The van der Waals surface area contributed by atoms with Crippen LogP contribution in [0.4, 0.5) is 0 Å². The first-order valence-corrected chi connectivity index (χ1v) is 8.00. The van der Waals surface area contributed by atoms with Gasteiger partial charge in [-0.25, -0.2) is 0 Å². The van der Waals surface area contributed by atoms with Crippen molar-refractivity contribution in [3.8, 4) is 11.8 Å². The Labute approximate surface area is 127 Å². The highest BCUT2D eigenvalue weighted by Gasteiger charge is 2.14. The Morgan fingerprint density at radius 1 is 1.40 bits per heavy atom. The Balaban J connectivity index is 2.60. The van der Waals surface area contributed by atoms with E-state index in [1.807, 2.05) is 0 Å².